The van der Waals surface area contributed by atoms with Gasteiger partial charge in [0.25, 0.3) is 0 Å². The summed E-state index contributed by atoms with van der Waals surface area (Å²) in [4.78, 5) is 5.18. The van der Waals surface area contributed by atoms with E-state index in [1.807, 2.05) is 18.2 Å². The first-order valence-electron chi connectivity index (χ1n) is 12.3. The van der Waals surface area contributed by atoms with E-state index in [4.69, 9.17) is 0 Å². The van der Waals surface area contributed by atoms with Gasteiger partial charge in [0.1, 0.15) is 5.75 Å². The molecule has 3 rings (SSSR count). The van der Waals surface area contributed by atoms with Crippen LogP contribution < -0.4 is 0 Å². The number of benzene rings is 2. The van der Waals surface area contributed by atoms with Crippen LogP contribution in [-0.2, 0) is 12.8 Å². The lowest BCUT2D eigenvalue weighted by Crippen LogP contribution is -2.32. The van der Waals surface area contributed by atoms with E-state index >= 15 is 0 Å². The number of halogens is 2. The van der Waals surface area contributed by atoms with Crippen molar-refractivity contribution in [1.29, 1.82) is 0 Å². The Kier molecular flexibility index (Phi) is 14.8. The van der Waals surface area contributed by atoms with Crippen LogP contribution in [0.1, 0.15) is 56.6 Å². The van der Waals surface area contributed by atoms with E-state index in [2.05, 4.69) is 16.7 Å². The maximum atomic E-state index is 9.76. The summed E-state index contributed by atoms with van der Waals surface area (Å²) < 4.78 is 0. The minimum absolute atomic E-state index is 0. The average molecular weight is 602 g/mol. The molecule has 192 valence electrons. The molecule has 0 radical (unpaired) electrons. The highest BCUT2D eigenvalue weighted by atomic mass is 79.9. The van der Waals surface area contributed by atoms with Crippen LogP contribution in [0, 0.1) is 0 Å². The zero-order valence-corrected chi connectivity index (χ0v) is 23.8. The number of unbranched alkanes of at least 4 members (excludes halogenated alkanes) is 2. The number of phenols is 3. The normalized spacial score (nSPS) is 15.8. The number of hydrogen-bond acceptors (Lipinski definition) is 5. The molecular formula is C27H42Br2N2O3. The highest BCUT2D eigenvalue weighted by molar-refractivity contribution is 8.93. The minimum atomic E-state index is -0.0442. The summed E-state index contributed by atoms with van der Waals surface area (Å²) in [6, 6.07) is 13.3. The molecular weight excluding hydrogens is 560 g/mol. The molecule has 1 unspecified atom stereocenters. The molecule has 1 fully saturated rings. The van der Waals surface area contributed by atoms with Gasteiger partial charge in [-0.15, -0.1) is 34.0 Å². The smallest absolute Gasteiger partial charge is 0.157 e. The zero-order valence-electron chi connectivity index (χ0n) is 20.4. The number of phenolic OH excluding ortho intramolecular Hbond substituents is 3. The summed E-state index contributed by atoms with van der Waals surface area (Å²) in [5.41, 5.74) is 2.38. The van der Waals surface area contributed by atoms with Gasteiger partial charge < -0.3 is 25.1 Å². The average Bonchev–Trinajstić information content (AvgIpc) is 3.22. The third kappa shape index (κ3) is 10.1. The quantitative estimate of drug-likeness (QED) is 0.191. The Balaban J connectivity index is 0.00000289. The summed E-state index contributed by atoms with van der Waals surface area (Å²) in [6.07, 6.45) is 9.33. The lowest BCUT2D eigenvalue weighted by molar-refractivity contribution is 0.238. The van der Waals surface area contributed by atoms with E-state index in [0.29, 0.717) is 11.8 Å². The molecule has 34 heavy (non-hydrogen) atoms. The molecule has 0 bridgehead atoms. The SMILES string of the molecule is Br.Br.CCCN(CCCCCN1CCCC1Cc1ccc(O)c(O)c1)CCc1ccc(O)cc1. The van der Waals surface area contributed by atoms with Crippen LogP contribution in [-0.4, -0.2) is 63.9 Å². The van der Waals surface area contributed by atoms with Crippen molar-refractivity contribution < 1.29 is 15.3 Å². The molecule has 2 aromatic rings. The summed E-state index contributed by atoms with van der Waals surface area (Å²) >= 11 is 0. The van der Waals surface area contributed by atoms with E-state index < -0.39 is 0 Å². The predicted octanol–water partition coefficient (Wildman–Crippen LogP) is 6.09. The van der Waals surface area contributed by atoms with Gasteiger partial charge in [-0.25, -0.2) is 0 Å². The van der Waals surface area contributed by atoms with E-state index in [1.165, 1.54) is 50.6 Å². The van der Waals surface area contributed by atoms with Crippen molar-refractivity contribution >= 4 is 34.0 Å². The summed E-state index contributed by atoms with van der Waals surface area (Å²) in [7, 11) is 0. The first-order valence-corrected chi connectivity index (χ1v) is 12.3. The number of rotatable bonds is 13. The fourth-order valence-corrected chi connectivity index (χ4v) is 4.82. The Morgan fingerprint density at radius 1 is 0.853 bits per heavy atom. The first kappa shape index (κ1) is 30.8. The van der Waals surface area contributed by atoms with Crippen LogP contribution in [0.25, 0.3) is 0 Å². The van der Waals surface area contributed by atoms with Gasteiger partial charge in [0, 0.05) is 12.6 Å². The van der Waals surface area contributed by atoms with Gasteiger partial charge in [0.05, 0.1) is 0 Å². The Morgan fingerprint density at radius 2 is 1.59 bits per heavy atom. The van der Waals surface area contributed by atoms with E-state index in [9.17, 15) is 15.3 Å². The molecule has 0 spiro atoms. The van der Waals surface area contributed by atoms with Crippen molar-refractivity contribution in [3.05, 3.63) is 53.6 Å². The minimum Gasteiger partial charge on any atom is -0.508 e. The van der Waals surface area contributed by atoms with Crippen molar-refractivity contribution in [3.8, 4) is 17.2 Å². The maximum Gasteiger partial charge on any atom is 0.157 e. The molecule has 7 heteroatoms. The molecule has 1 aliphatic heterocycles. The molecule has 5 nitrogen and oxygen atoms in total. The molecule has 1 atom stereocenters. The van der Waals surface area contributed by atoms with Gasteiger partial charge >= 0.3 is 0 Å². The molecule has 1 heterocycles. The molecule has 0 saturated carbocycles. The van der Waals surface area contributed by atoms with Crippen LogP contribution in [0.4, 0.5) is 0 Å². The van der Waals surface area contributed by atoms with Gasteiger partial charge in [-0.2, -0.15) is 0 Å². The maximum absolute atomic E-state index is 9.76. The van der Waals surface area contributed by atoms with Gasteiger partial charge in [-0.05, 0) is 107 Å². The van der Waals surface area contributed by atoms with Crippen LogP contribution in [0.2, 0.25) is 0 Å². The summed E-state index contributed by atoms with van der Waals surface area (Å²) in [5.74, 6) is 0.270. The van der Waals surface area contributed by atoms with E-state index in [-0.39, 0.29) is 45.5 Å². The summed E-state index contributed by atoms with van der Waals surface area (Å²) in [6.45, 7) is 7.94. The number of aromatic hydroxyl groups is 3. The van der Waals surface area contributed by atoms with Crippen molar-refractivity contribution in [1.82, 2.24) is 9.80 Å². The second kappa shape index (κ2) is 16.4. The Morgan fingerprint density at radius 3 is 2.29 bits per heavy atom. The standard InChI is InChI=1S/C27H40N2O3.2BrH/c1-2-15-28(19-14-22-8-11-25(30)12-9-22)16-4-3-5-17-29-18-6-7-24(29)20-23-10-13-26(31)27(32)21-23;;/h8-13,21,24,30-32H,2-7,14-20H2,1H3;2*1H. The molecule has 0 amide bonds. The van der Waals surface area contributed by atoms with Crippen LogP contribution in [0.5, 0.6) is 17.2 Å². The van der Waals surface area contributed by atoms with Gasteiger partial charge in [-0.3, -0.25) is 0 Å². The van der Waals surface area contributed by atoms with Crippen LogP contribution >= 0.6 is 34.0 Å². The molecule has 2 aromatic carbocycles. The second-order valence-electron chi connectivity index (χ2n) is 9.18. The topological polar surface area (TPSA) is 67.2 Å². The molecule has 1 saturated heterocycles. The highest BCUT2D eigenvalue weighted by Gasteiger charge is 2.24. The first-order chi connectivity index (χ1) is 15.5. The Labute approximate surface area is 226 Å². The van der Waals surface area contributed by atoms with Crippen molar-refractivity contribution in [2.24, 2.45) is 0 Å². The monoisotopic (exact) mass is 600 g/mol. The summed E-state index contributed by atoms with van der Waals surface area (Å²) in [5, 5.41) is 28.7. The van der Waals surface area contributed by atoms with Crippen LogP contribution in [0.15, 0.2) is 42.5 Å². The van der Waals surface area contributed by atoms with E-state index in [0.717, 1.165) is 44.6 Å². The van der Waals surface area contributed by atoms with E-state index in [1.54, 1.807) is 24.3 Å². The molecule has 1 aliphatic rings. The largest absolute Gasteiger partial charge is 0.508 e. The second-order valence-corrected chi connectivity index (χ2v) is 9.18. The third-order valence-electron chi connectivity index (χ3n) is 6.62. The van der Waals surface area contributed by atoms with Crippen LogP contribution in [0.3, 0.4) is 0 Å². The van der Waals surface area contributed by atoms with Crippen molar-refractivity contribution in [2.45, 2.75) is 64.3 Å². The number of likely N-dealkylation sites (tertiary alicyclic amines) is 1. The zero-order chi connectivity index (χ0) is 22.8. The van der Waals surface area contributed by atoms with Crippen molar-refractivity contribution in [3.63, 3.8) is 0 Å². The van der Waals surface area contributed by atoms with Gasteiger partial charge in [0.2, 0.25) is 0 Å². The van der Waals surface area contributed by atoms with Crippen molar-refractivity contribution in [2.75, 3.05) is 32.7 Å². The lowest BCUT2D eigenvalue weighted by Gasteiger charge is -2.25. The third-order valence-corrected chi connectivity index (χ3v) is 6.62. The number of hydrogen-bond donors (Lipinski definition) is 3. The molecule has 0 aliphatic carbocycles. The van der Waals surface area contributed by atoms with Gasteiger partial charge in [-0.1, -0.05) is 31.5 Å². The predicted molar refractivity (Wildman–Crippen MR) is 151 cm³/mol. The lowest BCUT2D eigenvalue weighted by atomic mass is 10.0. The molecule has 3 N–H and O–H groups in total. The molecule has 0 aromatic heterocycles. The highest BCUT2D eigenvalue weighted by Crippen LogP contribution is 2.28. The Bertz CT molecular complexity index is 820. The fraction of sp³-hybridized carbons (Fsp3) is 0.556. The van der Waals surface area contributed by atoms with Gasteiger partial charge in [0.15, 0.2) is 11.5 Å². The Hall–Kier alpha value is -1.28. The fourth-order valence-electron chi connectivity index (χ4n) is 4.82. The number of nitrogens with zero attached hydrogens (tertiary/aromatic N) is 2.